The molecule has 8 heteroatoms. The van der Waals surface area contributed by atoms with Gasteiger partial charge in [-0.1, -0.05) is 0 Å². The quantitative estimate of drug-likeness (QED) is 0.744. The smallest absolute Gasteiger partial charge is 0.254 e. The largest absolute Gasteiger partial charge is 0.493 e. The molecule has 30 heavy (non-hydrogen) atoms. The van der Waals surface area contributed by atoms with Crippen LogP contribution in [0.5, 0.6) is 11.5 Å². The van der Waals surface area contributed by atoms with E-state index < -0.39 is 0 Å². The zero-order valence-corrected chi connectivity index (χ0v) is 18.4. The monoisotopic (exact) mass is 417 g/mol. The summed E-state index contributed by atoms with van der Waals surface area (Å²) in [5.74, 6) is 0.714. The van der Waals surface area contributed by atoms with E-state index in [-0.39, 0.29) is 35.6 Å². The minimum absolute atomic E-state index is 0.00770. The van der Waals surface area contributed by atoms with Gasteiger partial charge in [-0.2, -0.15) is 0 Å². The second-order valence-electron chi connectivity index (χ2n) is 8.76. The first kappa shape index (κ1) is 21.9. The zero-order chi connectivity index (χ0) is 22.1. The molecule has 0 radical (unpaired) electrons. The van der Waals surface area contributed by atoms with E-state index in [9.17, 15) is 14.4 Å². The summed E-state index contributed by atoms with van der Waals surface area (Å²) in [6.07, 6.45) is 0.265. The molecule has 2 saturated heterocycles. The molecule has 2 fully saturated rings. The molecule has 0 bridgehead atoms. The molecule has 164 valence electrons. The number of piperazine rings is 1. The first-order valence-corrected chi connectivity index (χ1v) is 10.3. The molecule has 0 aromatic heterocycles. The molecule has 3 amide bonds. The Kier molecular flexibility index (Phi) is 6.24. The lowest BCUT2D eigenvalue weighted by Gasteiger charge is -2.36. The minimum Gasteiger partial charge on any atom is -0.493 e. The Morgan fingerprint density at radius 2 is 1.57 bits per heavy atom. The van der Waals surface area contributed by atoms with Gasteiger partial charge in [-0.25, -0.2) is 0 Å². The fourth-order valence-electron chi connectivity index (χ4n) is 4.06. The molecular formula is C22H31N3O5. The Balaban J connectivity index is 1.59. The summed E-state index contributed by atoms with van der Waals surface area (Å²) in [6.45, 7) is 8.27. The fraction of sp³-hybridized carbons (Fsp3) is 0.591. The van der Waals surface area contributed by atoms with Gasteiger partial charge < -0.3 is 24.2 Å². The van der Waals surface area contributed by atoms with Crippen LogP contribution in [0.15, 0.2) is 18.2 Å². The van der Waals surface area contributed by atoms with Crippen LogP contribution >= 0.6 is 0 Å². The summed E-state index contributed by atoms with van der Waals surface area (Å²) in [4.78, 5) is 43.4. The fourth-order valence-corrected chi connectivity index (χ4v) is 4.06. The van der Waals surface area contributed by atoms with Crippen LogP contribution in [-0.4, -0.2) is 84.9 Å². The Morgan fingerprint density at radius 3 is 2.10 bits per heavy atom. The van der Waals surface area contributed by atoms with Gasteiger partial charge in [0.1, 0.15) is 0 Å². The molecule has 3 rings (SSSR count). The Morgan fingerprint density at radius 1 is 0.967 bits per heavy atom. The molecule has 1 unspecified atom stereocenters. The van der Waals surface area contributed by atoms with Crippen molar-refractivity contribution >= 4 is 17.7 Å². The van der Waals surface area contributed by atoms with Crippen LogP contribution in [0.25, 0.3) is 0 Å². The van der Waals surface area contributed by atoms with Gasteiger partial charge in [-0.15, -0.1) is 0 Å². The number of ether oxygens (including phenoxy) is 2. The first-order chi connectivity index (χ1) is 14.2. The van der Waals surface area contributed by atoms with Gasteiger partial charge in [-0.3, -0.25) is 14.4 Å². The molecule has 2 aliphatic rings. The van der Waals surface area contributed by atoms with E-state index >= 15 is 0 Å². The number of amides is 3. The van der Waals surface area contributed by atoms with Crippen LogP contribution < -0.4 is 9.47 Å². The Hall–Kier alpha value is -2.77. The van der Waals surface area contributed by atoms with Crippen LogP contribution in [0, 0.1) is 5.92 Å². The van der Waals surface area contributed by atoms with Crippen molar-refractivity contribution in [2.24, 2.45) is 5.92 Å². The maximum absolute atomic E-state index is 12.9. The van der Waals surface area contributed by atoms with E-state index in [1.54, 1.807) is 40.0 Å². The van der Waals surface area contributed by atoms with Gasteiger partial charge in [0.15, 0.2) is 11.5 Å². The van der Waals surface area contributed by atoms with E-state index in [0.717, 1.165) is 0 Å². The van der Waals surface area contributed by atoms with Crippen molar-refractivity contribution in [3.05, 3.63) is 23.8 Å². The molecule has 1 aromatic carbocycles. The molecule has 0 spiro atoms. The first-order valence-electron chi connectivity index (χ1n) is 10.3. The summed E-state index contributed by atoms with van der Waals surface area (Å²) in [6, 6.07) is 5.10. The number of rotatable bonds is 4. The molecule has 2 aliphatic heterocycles. The molecule has 2 heterocycles. The lowest BCUT2D eigenvalue weighted by Crippen LogP contribution is -2.52. The maximum Gasteiger partial charge on any atom is 0.254 e. The summed E-state index contributed by atoms with van der Waals surface area (Å²) in [5.41, 5.74) is 0.242. The van der Waals surface area contributed by atoms with Crippen LogP contribution in [0.3, 0.4) is 0 Å². The lowest BCUT2D eigenvalue weighted by molar-refractivity contribution is -0.137. The Labute approximate surface area is 177 Å². The number of likely N-dealkylation sites (tertiary alicyclic amines) is 1. The standard InChI is InChI=1S/C22H31N3O5/c1-22(2,3)25-14-16(13-19(25)26)21(28)24-10-8-23(9-11-24)20(27)15-6-7-17(29-4)18(12-15)30-5/h6-7,12,16H,8-11,13-14H2,1-5H3. The van der Waals surface area contributed by atoms with Crippen LogP contribution in [-0.2, 0) is 9.59 Å². The number of methoxy groups -OCH3 is 2. The normalized spacial score (nSPS) is 19.8. The SMILES string of the molecule is COc1ccc(C(=O)N2CCN(C(=O)C3CC(=O)N(C(C)(C)C)C3)CC2)cc1OC. The molecular weight excluding hydrogens is 386 g/mol. The van der Waals surface area contributed by atoms with Gasteiger partial charge in [0.25, 0.3) is 5.91 Å². The van der Waals surface area contributed by atoms with E-state index in [1.807, 2.05) is 20.8 Å². The molecule has 0 aliphatic carbocycles. The number of carbonyl (C=O) groups is 3. The van der Waals surface area contributed by atoms with Crippen molar-refractivity contribution in [1.82, 2.24) is 14.7 Å². The van der Waals surface area contributed by atoms with Crippen LogP contribution in [0.1, 0.15) is 37.6 Å². The highest BCUT2D eigenvalue weighted by atomic mass is 16.5. The third-order valence-corrected chi connectivity index (χ3v) is 5.79. The highest BCUT2D eigenvalue weighted by molar-refractivity contribution is 5.95. The summed E-state index contributed by atoms with van der Waals surface area (Å²) < 4.78 is 10.5. The van der Waals surface area contributed by atoms with E-state index in [0.29, 0.717) is 49.8 Å². The highest BCUT2D eigenvalue weighted by Gasteiger charge is 2.41. The second kappa shape index (κ2) is 8.53. The predicted molar refractivity (Wildman–Crippen MR) is 112 cm³/mol. The van der Waals surface area contributed by atoms with Crippen molar-refractivity contribution in [2.75, 3.05) is 46.9 Å². The molecule has 1 atom stereocenters. The van der Waals surface area contributed by atoms with E-state index in [1.165, 1.54) is 7.11 Å². The number of benzene rings is 1. The number of hydrogen-bond donors (Lipinski definition) is 0. The Bertz CT molecular complexity index is 825. The molecule has 8 nitrogen and oxygen atoms in total. The third-order valence-electron chi connectivity index (χ3n) is 5.79. The van der Waals surface area contributed by atoms with Gasteiger partial charge >= 0.3 is 0 Å². The van der Waals surface area contributed by atoms with Crippen LogP contribution in [0.4, 0.5) is 0 Å². The second-order valence-corrected chi connectivity index (χ2v) is 8.76. The average molecular weight is 418 g/mol. The average Bonchev–Trinajstić information content (AvgIpc) is 3.14. The van der Waals surface area contributed by atoms with Crippen molar-refractivity contribution in [1.29, 1.82) is 0 Å². The predicted octanol–water partition coefficient (Wildman–Crippen LogP) is 1.64. The molecule has 0 N–H and O–H groups in total. The summed E-state index contributed by atoms with van der Waals surface area (Å²) in [5, 5.41) is 0. The zero-order valence-electron chi connectivity index (χ0n) is 18.4. The van der Waals surface area contributed by atoms with Gasteiger partial charge in [0, 0.05) is 50.2 Å². The topological polar surface area (TPSA) is 79.4 Å². The number of hydrogen-bond acceptors (Lipinski definition) is 5. The van der Waals surface area contributed by atoms with E-state index in [2.05, 4.69) is 0 Å². The van der Waals surface area contributed by atoms with Gasteiger partial charge in [0.05, 0.1) is 20.1 Å². The highest BCUT2D eigenvalue weighted by Crippen LogP contribution is 2.29. The van der Waals surface area contributed by atoms with Crippen molar-refractivity contribution in [2.45, 2.75) is 32.7 Å². The summed E-state index contributed by atoms with van der Waals surface area (Å²) >= 11 is 0. The van der Waals surface area contributed by atoms with Crippen molar-refractivity contribution in [3.8, 4) is 11.5 Å². The molecule has 0 saturated carbocycles. The van der Waals surface area contributed by atoms with Crippen LogP contribution in [0.2, 0.25) is 0 Å². The minimum atomic E-state index is -0.301. The number of carbonyl (C=O) groups excluding carboxylic acids is 3. The molecule has 1 aromatic rings. The van der Waals surface area contributed by atoms with Crippen molar-refractivity contribution < 1.29 is 23.9 Å². The van der Waals surface area contributed by atoms with Gasteiger partial charge in [-0.05, 0) is 39.0 Å². The summed E-state index contributed by atoms with van der Waals surface area (Å²) in [7, 11) is 3.08. The lowest BCUT2D eigenvalue weighted by atomic mass is 10.1. The maximum atomic E-state index is 12.9. The third kappa shape index (κ3) is 4.37. The number of nitrogens with zero attached hydrogens (tertiary/aromatic N) is 3. The van der Waals surface area contributed by atoms with Crippen molar-refractivity contribution in [3.63, 3.8) is 0 Å². The van der Waals surface area contributed by atoms with Gasteiger partial charge in [0.2, 0.25) is 11.8 Å². The van der Waals surface area contributed by atoms with E-state index in [4.69, 9.17) is 9.47 Å².